The molecule has 0 bridgehead atoms. The number of aliphatic hydroxyl groups excluding tert-OH is 1. The number of hydrogen-bond acceptors (Lipinski definition) is 5. The van der Waals surface area contributed by atoms with Gasteiger partial charge in [0, 0.05) is 38.3 Å². The minimum absolute atomic E-state index is 0.0465. The fraction of sp³-hybridized carbons (Fsp3) is 0.632. The van der Waals surface area contributed by atoms with E-state index < -0.39 is 10.0 Å². The van der Waals surface area contributed by atoms with Gasteiger partial charge < -0.3 is 20.5 Å². The van der Waals surface area contributed by atoms with Crippen molar-refractivity contribution in [2.45, 2.75) is 26.3 Å². The maximum absolute atomic E-state index is 12.2. The van der Waals surface area contributed by atoms with E-state index in [0.29, 0.717) is 38.7 Å². The van der Waals surface area contributed by atoms with Crippen LogP contribution in [0.15, 0.2) is 35.3 Å². The van der Waals surface area contributed by atoms with Gasteiger partial charge >= 0.3 is 0 Å². The highest BCUT2D eigenvalue weighted by molar-refractivity contribution is 7.89. The van der Waals surface area contributed by atoms with Crippen molar-refractivity contribution in [1.82, 2.24) is 15.4 Å². The number of aliphatic imine (C=N–C) groups is 1. The Balaban J connectivity index is 1.83. The SMILES string of the molecule is CCNC(=NCC1(CCO)CCOC1)NCCS(=O)(=O)NCc1ccccc1. The van der Waals surface area contributed by atoms with E-state index in [1.54, 1.807) is 0 Å². The molecule has 0 aromatic heterocycles. The molecule has 0 spiro atoms. The first-order valence-electron chi connectivity index (χ1n) is 9.71. The second-order valence-electron chi connectivity index (χ2n) is 7.02. The first-order chi connectivity index (χ1) is 13.5. The van der Waals surface area contributed by atoms with Crippen molar-refractivity contribution in [2.24, 2.45) is 10.4 Å². The largest absolute Gasteiger partial charge is 0.396 e. The van der Waals surface area contributed by atoms with Crippen LogP contribution in [0.25, 0.3) is 0 Å². The third-order valence-electron chi connectivity index (χ3n) is 4.75. The standard InChI is InChI=1S/C19H32N4O4S/c1-2-20-18(22-15-19(8-11-24)9-12-27-16-19)21-10-13-28(25,26)23-14-17-6-4-3-5-7-17/h3-7,23-24H,2,8-16H2,1H3,(H2,20,21,22). The molecule has 158 valence electrons. The lowest BCUT2D eigenvalue weighted by Crippen LogP contribution is -2.42. The van der Waals surface area contributed by atoms with Gasteiger partial charge in [-0.15, -0.1) is 0 Å². The summed E-state index contributed by atoms with van der Waals surface area (Å²) < 4.78 is 32.5. The van der Waals surface area contributed by atoms with Crippen LogP contribution in [0.5, 0.6) is 0 Å². The number of nitrogens with one attached hydrogen (secondary N) is 3. The maximum atomic E-state index is 12.2. The molecule has 9 heteroatoms. The Morgan fingerprint density at radius 3 is 2.71 bits per heavy atom. The Kier molecular flexibility index (Phi) is 9.17. The Hall–Kier alpha value is -1.68. The van der Waals surface area contributed by atoms with Crippen LogP contribution in [-0.4, -0.2) is 64.7 Å². The number of guanidine groups is 1. The molecule has 1 aliphatic rings. The molecule has 1 aromatic rings. The smallest absolute Gasteiger partial charge is 0.213 e. The van der Waals surface area contributed by atoms with Crippen molar-refractivity contribution in [3.63, 3.8) is 0 Å². The molecule has 0 radical (unpaired) electrons. The highest BCUT2D eigenvalue weighted by Gasteiger charge is 2.34. The monoisotopic (exact) mass is 412 g/mol. The van der Waals surface area contributed by atoms with Gasteiger partial charge in [-0.1, -0.05) is 30.3 Å². The van der Waals surface area contributed by atoms with Crippen LogP contribution in [0.3, 0.4) is 0 Å². The third kappa shape index (κ3) is 7.75. The number of rotatable bonds is 11. The van der Waals surface area contributed by atoms with Crippen LogP contribution in [0.4, 0.5) is 0 Å². The number of hydrogen-bond donors (Lipinski definition) is 4. The minimum atomic E-state index is -3.39. The molecule has 0 aliphatic carbocycles. The number of nitrogens with zero attached hydrogens (tertiary/aromatic N) is 1. The van der Waals surface area contributed by atoms with Crippen molar-refractivity contribution in [2.75, 3.05) is 45.2 Å². The molecule has 2 rings (SSSR count). The summed E-state index contributed by atoms with van der Waals surface area (Å²) in [5.41, 5.74) is 0.780. The van der Waals surface area contributed by atoms with Crippen LogP contribution >= 0.6 is 0 Å². The topological polar surface area (TPSA) is 112 Å². The molecule has 1 fully saturated rings. The first-order valence-corrected chi connectivity index (χ1v) is 11.4. The average molecular weight is 413 g/mol. The molecule has 1 aromatic carbocycles. The highest BCUT2D eigenvalue weighted by Crippen LogP contribution is 2.32. The van der Waals surface area contributed by atoms with Gasteiger partial charge in [0.2, 0.25) is 10.0 Å². The Morgan fingerprint density at radius 1 is 1.29 bits per heavy atom. The molecular formula is C19H32N4O4S. The lowest BCUT2D eigenvalue weighted by atomic mass is 9.84. The first kappa shape index (κ1) is 22.6. The van der Waals surface area contributed by atoms with Gasteiger partial charge in [0.25, 0.3) is 0 Å². The van der Waals surface area contributed by atoms with Crippen molar-refractivity contribution < 1.29 is 18.3 Å². The molecule has 4 N–H and O–H groups in total. The van der Waals surface area contributed by atoms with Crippen LogP contribution in [0.1, 0.15) is 25.3 Å². The molecule has 8 nitrogen and oxygen atoms in total. The zero-order valence-corrected chi connectivity index (χ0v) is 17.3. The summed E-state index contributed by atoms with van der Waals surface area (Å²) in [7, 11) is -3.39. The summed E-state index contributed by atoms with van der Waals surface area (Å²) in [6.07, 6.45) is 1.52. The number of ether oxygens (including phenoxy) is 1. The van der Waals surface area contributed by atoms with E-state index in [-0.39, 0.29) is 30.9 Å². The summed E-state index contributed by atoms with van der Waals surface area (Å²) in [4.78, 5) is 4.59. The molecule has 1 saturated heterocycles. The predicted molar refractivity (Wildman–Crippen MR) is 111 cm³/mol. The van der Waals surface area contributed by atoms with E-state index in [1.165, 1.54) is 0 Å². The van der Waals surface area contributed by atoms with Crippen LogP contribution in [-0.2, 0) is 21.3 Å². The van der Waals surface area contributed by atoms with Crippen molar-refractivity contribution in [3.05, 3.63) is 35.9 Å². The predicted octanol–water partition coefficient (Wildman–Crippen LogP) is 0.450. The molecule has 28 heavy (non-hydrogen) atoms. The van der Waals surface area contributed by atoms with Crippen molar-refractivity contribution in [3.8, 4) is 0 Å². The van der Waals surface area contributed by atoms with Crippen LogP contribution in [0, 0.1) is 5.41 Å². The fourth-order valence-electron chi connectivity index (χ4n) is 3.04. The molecule has 1 atom stereocenters. The molecule has 1 unspecified atom stereocenters. The van der Waals surface area contributed by atoms with E-state index in [9.17, 15) is 13.5 Å². The van der Waals surface area contributed by atoms with Gasteiger partial charge in [-0.3, -0.25) is 4.99 Å². The zero-order chi connectivity index (χ0) is 20.3. The van der Waals surface area contributed by atoms with E-state index in [1.807, 2.05) is 37.3 Å². The summed E-state index contributed by atoms with van der Waals surface area (Å²) in [6.45, 7) is 5.07. The molecular weight excluding hydrogens is 380 g/mol. The fourth-order valence-corrected chi connectivity index (χ4v) is 3.94. The van der Waals surface area contributed by atoms with Crippen LogP contribution in [0.2, 0.25) is 0 Å². The second kappa shape index (κ2) is 11.4. The van der Waals surface area contributed by atoms with Crippen LogP contribution < -0.4 is 15.4 Å². The van der Waals surface area contributed by atoms with E-state index in [2.05, 4.69) is 20.3 Å². The molecule has 0 saturated carbocycles. The maximum Gasteiger partial charge on any atom is 0.213 e. The molecule has 0 amide bonds. The Bertz CT molecular complexity index is 704. The minimum Gasteiger partial charge on any atom is -0.396 e. The van der Waals surface area contributed by atoms with Crippen molar-refractivity contribution >= 4 is 16.0 Å². The second-order valence-corrected chi connectivity index (χ2v) is 8.95. The highest BCUT2D eigenvalue weighted by atomic mass is 32.2. The van der Waals surface area contributed by atoms with Gasteiger partial charge in [0.05, 0.1) is 18.9 Å². The number of benzene rings is 1. The van der Waals surface area contributed by atoms with Gasteiger partial charge in [-0.2, -0.15) is 0 Å². The van der Waals surface area contributed by atoms with E-state index in [4.69, 9.17) is 4.74 Å². The number of sulfonamides is 1. The normalized spacial score (nSPS) is 20.3. The van der Waals surface area contributed by atoms with E-state index in [0.717, 1.165) is 12.0 Å². The molecule has 1 heterocycles. The molecule has 1 aliphatic heterocycles. The van der Waals surface area contributed by atoms with E-state index >= 15 is 0 Å². The third-order valence-corrected chi connectivity index (χ3v) is 6.07. The van der Waals surface area contributed by atoms with Gasteiger partial charge in [0.1, 0.15) is 0 Å². The number of aliphatic hydroxyl groups is 1. The Labute approximate surface area is 167 Å². The summed E-state index contributed by atoms with van der Waals surface area (Å²) in [5, 5.41) is 15.5. The average Bonchev–Trinajstić information content (AvgIpc) is 3.14. The lowest BCUT2D eigenvalue weighted by molar-refractivity contribution is 0.131. The zero-order valence-electron chi connectivity index (χ0n) is 16.5. The summed E-state index contributed by atoms with van der Waals surface area (Å²) >= 11 is 0. The quantitative estimate of drug-likeness (QED) is 0.310. The van der Waals surface area contributed by atoms with Gasteiger partial charge in [0.15, 0.2) is 5.96 Å². The summed E-state index contributed by atoms with van der Waals surface area (Å²) in [6, 6.07) is 9.41. The van der Waals surface area contributed by atoms with Gasteiger partial charge in [-0.25, -0.2) is 13.1 Å². The Morgan fingerprint density at radius 2 is 2.07 bits per heavy atom. The van der Waals surface area contributed by atoms with Gasteiger partial charge in [-0.05, 0) is 25.3 Å². The van der Waals surface area contributed by atoms with Crippen molar-refractivity contribution in [1.29, 1.82) is 0 Å². The lowest BCUT2D eigenvalue weighted by Gasteiger charge is -2.24. The summed E-state index contributed by atoms with van der Waals surface area (Å²) in [5.74, 6) is 0.528.